The Morgan fingerprint density at radius 2 is 0.900 bits per heavy atom. The van der Waals surface area contributed by atoms with Crippen molar-refractivity contribution in [2.75, 3.05) is 97.5 Å². The number of likely N-dealkylation sites (tertiary alicyclic amines) is 1. The van der Waals surface area contributed by atoms with Crippen LogP contribution in [0.15, 0.2) is 317 Å². The number of nitrogens with zero attached hydrogens (tertiary/aromatic N) is 8. The molecule has 3 unspecified atom stereocenters. The molecular formula is C122H136Cl2FN19O6. The number of halogens is 3. The molecule has 2 aliphatic heterocycles. The van der Waals surface area contributed by atoms with E-state index in [1.807, 2.05) is 266 Å². The van der Waals surface area contributed by atoms with Gasteiger partial charge in [0.2, 0.25) is 35.4 Å². The number of hydrogen-bond donors (Lipinski definition) is 11. The number of rotatable bonds is 29. The molecule has 8 heterocycles. The summed E-state index contributed by atoms with van der Waals surface area (Å²) >= 11 is 12.9. The van der Waals surface area contributed by atoms with Crippen molar-refractivity contribution in [2.24, 2.45) is 35.1 Å². The predicted octanol–water partition coefficient (Wildman–Crippen LogP) is 23.7. The van der Waals surface area contributed by atoms with E-state index in [-0.39, 0.29) is 89.3 Å². The number of nitrogens with two attached hydrogens (primary N) is 3. The molecule has 16 aromatic rings. The highest BCUT2D eigenvalue weighted by molar-refractivity contribution is 6.38. The van der Waals surface area contributed by atoms with Crippen molar-refractivity contribution in [3.8, 4) is 0 Å². The van der Waals surface area contributed by atoms with Crippen LogP contribution in [0.4, 0.5) is 44.3 Å². The molecule has 776 valence electrons. The molecule has 9 atom stereocenters. The van der Waals surface area contributed by atoms with Crippen LogP contribution in [0.25, 0.3) is 64.6 Å². The first-order valence-electron chi connectivity index (χ1n) is 52.3. The number of amides is 6. The van der Waals surface area contributed by atoms with Gasteiger partial charge in [0.05, 0.1) is 62.6 Å². The zero-order chi connectivity index (χ0) is 105. The van der Waals surface area contributed by atoms with Gasteiger partial charge in [-0.05, 0) is 277 Å². The Morgan fingerprint density at radius 3 is 1.46 bits per heavy atom. The molecule has 2 saturated carbocycles. The molecule has 4 aliphatic rings. The van der Waals surface area contributed by atoms with Gasteiger partial charge in [-0.1, -0.05) is 214 Å². The second-order valence-corrected chi connectivity index (χ2v) is 40.0. The Hall–Kier alpha value is -14.5. The maximum absolute atomic E-state index is 14.9. The van der Waals surface area contributed by atoms with Gasteiger partial charge in [-0.25, -0.2) is 9.37 Å². The maximum atomic E-state index is 14.9. The van der Waals surface area contributed by atoms with Crippen LogP contribution >= 0.6 is 23.2 Å². The van der Waals surface area contributed by atoms with Gasteiger partial charge < -0.3 is 69.5 Å². The van der Waals surface area contributed by atoms with Gasteiger partial charge in [-0.3, -0.25) is 53.7 Å². The summed E-state index contributed by atoms with van der Waals surface area (Å²) in [5.41, 5.74) is 25.6. The molecule has 150 heavy (non-hydrogen) atoms. The zero-order valence-corrected chi connectivity index (χ0v) is 87.3. The average Bonchev–Trinajstić information content (AvgIpc) is 0.996. The summed E-state index contributed by atoms with van der Waals surface area (Å²) in [5, 5.41) is 36.9. The fraction of sp³-hybridized carbons (Fsp3) is 0.311. The molecule has 10 aromatic carbocycles. The van der Waals surface area contributed by atoms with E-state index >= 15 is 0 Å². The Labute approximate surface area is 887 Å². The highest BCUT2D eigenvalue weighted by Crippen LogP contribution is 2.41. The molecule has 14 N–H and O–H groups in total. The molecule has 25 nitrogen and oxygen atoms in total. The van der Waals surface area contributed by atoms with E-state index in [0.717, 1.165) is 172 Å². The van der Waals surface area contributed by atoms with Crippen LogP contribution < -0.4 is 59.7 Å². The SMILES string of the molecule is CC(N)[C@@H](C(=O)Nc1cc2ccncc2cc1Cl)C1CCCCC1.CCN(C)C(C)[C@@H](C(=O)Nc1ccc2cnccc2c1F)c1ccccc1.CNCC[C@H](C(=O)Nc1ccc2cnccc2c1)c1ccccc1.NC[C@@H](C(=O)Nc1ccc2c(N)nccc2c1)c1ccccc1.O=C(Nc1ccc2cnccc2c1)[C@H](CN1CCCCC1)c1ccccc1.O=C(Nc1ccc2cnccc2c1Cl)[C@@H](C1CCCC1)C1CCCN1. The minimum Gasteiger partial charge on any atom is -0.383 e. The number of benzene rings is 10. The molecule has 2 saturated heterocycles. The highest BCUT2D eigenvalue weighted by Gasteiger charge is 2.40. The molecular weight excluding hydrogens is 1920 g/mol. The number of carbonyl (C=O) groups excluding carboxylic acids is 6. The second-order valence-electron chi connectivity index (χ2n) is 39.2. The van der Waals surface area contributed by atoms with Crippen LogP contribution in [0.5, 0.6) is 0 Å². The van der Waals surface area contributed by atoms with Crippen molar-refractivity contribution in [3.05, 3.63) is 355 Å². The van der Waals surface area contributed by atoms with Crippen LogP contribution in [-0.4, -0.2) is 153 Å². The largest absolute Gasteiger partial charge is 0.383 e. The number of anilines is 7. The smallest absolute Gasteiger partial charge is 0.233 e. The molecule has 28 heteroatoms. The van der Waals surface area contributed by atoms with E-state index in [1.165, 1.54) is 51.4 Å². The minimum absolute atomic E-state index is 0.0184. The number of fused-ring (bicyclic) bond motifs is 6. The molecule has 6 amide bonds. The van der Waals surface area contributed by atoms with Crippen molar-refractivity contribution in [1.29, 1.82) is 0 Å². The van der Waals surface area contributed by atoms with E-state index in [4.69, 9.17) is 40.4 Å². The van der Waals surface area contributed by atoms with Crippen molar-refractivity contribution in [2.45, 2.75) is 159 Å². The van der Waals surface area contributed by atoms with Gasteiger partial charge in [0, 0.05) is 160 Å². The van der Waals surface area contributed by atoms with E-state index in [2.05, 4.69) is 94.4 Å². The third-order valence-electron chi connectivity index (χ3n) is 29.1. The molecule has 6 aromatic heterocycles. The van der Waals surface area contributed by atoms with E-state index in [1.54, 1.807) is 74.0 Å². The number of nitrogens with one attached hydrogen (secondary N) is 8. The van der Waals surface area contributed by atoms with Gasteiger partial charge in [0.1, 0.15) is 5.82 Å². The lowest BCUT2D eigenvalue weighted by atomic mass is 9.76. The van der Waals surface area contributed by atoms with Crippen LogP contribution in [0.3, 0.4) is 0 Å². The predicted molar refractivity (Wildman–Crippen MR) is 609 cm³/mol. The third-order valence-corrected chi connectivity index (χ3v) is 29.9. The van der Waals surface area contributed by atoms with Crippen molar-refractivity contribution in [3.63, 3.8) is 0 Å². The topological polar surface area (TPSA) is 361 Å². The van der Waals surface area contributed by atoms with Gasteiger partial charge >= 0.3 is 0 Å². The first kappa shape index (κ1) is 110. The standard InChI is InChI=1S/C23H25N3O.C22H24FN3O.C20H24ClN3O.C20H21N3O.C19H24ClN3O.C18H18N4O/c27-23(25-21-10-9-20-16-24-12-11-19(20)15-21)22(18-7-3-1-4-8-18)17-26-13-5-2-6-14-26;1-4-26(3)15(2)20(16-8-6-5-7-9-16)22(27)25-19-11-10-17-14-24-13-12-18(17)21(19)23;21-19-15-9-11-22-12-14(15)7-8-17(19)24-20(25)18(13-4-1-2-5-13)16-6-3-10-23-16;1-21-11-10-19(15-5-3-2-4-6-15)20(24)23-18-8-7-17-14-22-12-9-16(17)13-18;1-12(21)18(13-5-3-2-4-6-13)19(24)23-17-10-14-7-8-22-11-15(14)9-16(17)20;19-11-16(12-4-2-1-3-5-12)18(23)22-14-6-7-15-13(10-14)8-9-21-17(15)20/h1,3-4,7-12,15-16,22H,2,5-6,13-14,17H2,(H,25,27);5-15,20H,4H2,1-3H3,(H,25,27);7-9,11-13,16,18,23H,1-6,10H2,(H,24,25);2-9,12-14,19,21H,10-11H2,1H3,(H,23,24);7-13,18H,2-6,21H2,1H3,(H,23,24);1-10,16H,11,19H2,(H2,20,21)(H,22,23)/t22-;15?,20-;16?,18-;19-;12?,18-;16-/m110011/s1. The van der Waals surface area contributed by atoms with Crippen molar-refractivity contribution >= 4 is 163 Å². The van der Waals surface area contributed by atoms with Crippen LogP contribution in [0.1, 0.15) is 163 Å². The molecule has 2 aliphatic carbocycles. The average molecular weight is 2050 g/mol. The quantitative estimate of drug-likeness (QED) is 0.0207. The number of aromatic nitrogens is 6. The number of likely N-dealkylation sites (N-methyl/N-ethyl adjacent to an activating group) is 1. The number of pyridine rings is 6. The van der Waals surface area contributed by atoms with Crippen LogP contribution in [-0.2, 0) is 28.8 Å². The number of piperidine rings is 1. The lowest BCUT2D eigenvalue weighted by Crippen LogP contribution is -2.42. The lowest BCUT2D eigenvalue weighted by molar-refractivity contribution is -0.123. The summed E-state index contributed by atoms with van der Waals surface area (Å²) in [6.45, 7) is 11.8. The van der Waals surface area contributed by atoms with Crippen molar-refractivity contribution < 1.29 is 33.2 Å². The summed E-state index contributed by atoms with van der Waals surface area (Å²) < 4.78 is 14.9. The summed E-state index contributed by atoms with van der Waals surface area (Å²) in [7, 11) is 3.88. The van der Waals surface area contributed by atoms with Crippen LogP contribution in [0, 0.1) is 29.5 Å². The molecule has 0 radical (unpaired) electrons. The molecule has 20 rings (SSSR count). The Bertz CT molecular complexity index is 7150. The Kier molecular flexibility index (Phi) is 40.4. The fourth-order valence-electron chi connectivity index (χ4n) is 20.8. The first-order valence-corrected chi connectivity index (χ1v) is 53.0. The van der Waals surface area contributed by atoms with Gasteiger partial charge in [-0.15, -0.1) is 0 Å². The summed E-state index contributed by atoms with van der Waals surface area (Å²) in [6, 6.07) is 78.8. The maximum Gasteiger partial charge on any atom is 0.233 e. The fourth-order valence-corrected chi connectivity index (χ4v) is 21.3. The monoisotopic (exact) mass is 2050 g/mol. The number of hydrogen-bond acceptors (Lipinski definition) is 19. The molecule has 0 spiro atoms. The number of nitrogen functional groups attached to an aromatic ring is 1. The van der Waals surface area contributed by atoms with E-state index < -0.39 is 11.7 Å². The van der Waals surface area contributed by atoms with Gasteiger partial charge in [-0.2, -0.15) is 0 Å². The highest BCUT2D eigenvalue weighted by atomic mass is 35.5. The minimum atomic E-state index is -0.438. The van der Waals surface area contributed by atoms with Crippen LogP contribution in [0.2, 0.25) is 10.0 Å². The number of carbonyl (C=O) groups is 6. The van der Waals surface area contributed by atoms with E-state index in [9.17, 15) is 33.2 Å². The summed E-state index contributed by atoms with van der Waals surface area (Å²) in [4.78, 5) is 107. The zero-order valence-electron chi connectivity index (χ0n) is 85.8. The Morgan fingerprint density at radius 1 is 0.440 bits per heavy atom. The normalized spacial score (nSPS) is 15.8. The second kappa shape index (κ2) is 55.2. The summed E-state index contributed by atoms with van der Waals surface area (Å²) in [5.74, 6) is -0.566. The van der Waals surface area contributed by atoms with Crippen molar-refractivity contribution in [1.82, 2.24) is 50.3 Å². The van der Waals surface area contributed by atoms with Gasteiger partial charge in [0.25, 0.3) is 0 Å². The van der Waals surface area contributed by atoms with E-state index in [0.29, 0.717) is 61.6 Å². The van der Waals surface area contributed by atoms with Gasteiger partial charge in [0.15, 0.2) is 5.82 Å². The summed E-state index contributed by atoms with van der Waals surface area (Å²) in [6.07, 6.45) is 36.3. The lowest BCUT2D eigenvalue weighted by Gasteiger charge is -2.31. The first-order chi connectivity index (χ1) is 73.1. The molecule has 4 fully saturated rings. The third kappa shape index (κ3) is 29.6. The molecule has 0 bridgehead atoms. The Balaban J connectivity index is 0.000000135.